The fourth-order valence-electron chi connectivity index (χ4n) is 3.15. The average molecular weight is 345 g/mol. The lowest BCUT2D eigenvalue weighted by atomic mass is 10.0. The van der Waals surface area contributed by atoms with Gasteiger partial charge in [-0.1, -0.05) is 12.1 Å². The molecule has 1 unspecified atom stereocenters. The molecule has 1 fully saturated rings. The zero-order chi connectivity index (χ0) is 16.9. The van der Waals surface area contributed by atoms with Crippen LogP contribution >= 0.6 is 11.3 Å². The van der Waals surface area contributed by atoms with Gasteiger partial charge in [-0.25, -0.2) is 4.98 Å². The summed E-state index contributed by atoms with van der Waals surface area (Å²) in [6, 6.07) is 8.29. The second-order valence-corrected chi connectivity index (χ2v) is 6.87. The van der Waals surface area contributed by atoms with Gasteiger partial charge in [-0.2, -0.15) is 0 Å². The fraction of sp³-hybridized carbons (Fsp3) is 0.444. The second-order valence-electron chi connectivity index (χ2n) is 6.01. The summed E-state index contributed by atoms with van der Waals surface area (Å²) in [4.78, 5) is 19.7. The van der Waals surface area contributed by atoms with Crippen LogP contribution in [0.5, 0.6) is 5.75 Å². The van der Waals surface area contributed by atoms with Gasteiger partial charge >= 0.3 is 0 Å². The van der Waals surface area contributed by atoms with Crippen LogP contribution in [0.25, 0.3) is 0 Å². The van der Waals surface area contributed by atoms with Crippen molar-refractivity contribution in [2.24, 2.45) is 0 Å². The topological polar surface area (TPSA) is 54.5 Å². The number of aromatic nitrogens is 1. The van der Waals surface area contributed by atoms with Crippen LogP contribution in [-0.4, -0.2) is 42.5 Å². The van der Waals surface area contributed by atoms with Gasteiger partial charge in [0.25, 0.3) is 5.91 Å². The largest absolute Gasteiger partial charge is 0.497 e. The minimum atomic E-state index is -0.0397. The Labute approximate surface area is 146 Å². The Morgan fingerprint density at radius 3 is 2.88 bits per heavy atom. The Bertz CT molecular complexity index is 695. The first-order valence-electron chi connectivity index (χ1n) is 8.25. The molecule has 3 rings (SSSR count). The number of hydrogen-bond donors (Lipinski definition) is 1. The Balaban J connectivity index is 1.75. The molecule has 0 bridgehead atoms. The third kappa shape index (κ3) is 3.76. The van der Waals surface area contributed by atoms with E-state index in [0.29, 0.717) is 11.4 Å². The highest BCUT2D eigenvalue weighted by Gasteiger charge is 2.25. The number of nitrogens with zero attached hydrogens (tertiary/aromatic N) is 2. The van der Waals surface area contributed by atoms with E-state index in [2.05, 4.69) is 27.3 Å². The maximum Gasteiger partial charge on any atom is 0.263 e. The summed E-state index contributed by atoms with van der Waals surface area (Å²) in [5, 5.41) is 3.09. The Hall–Kier alpha value is -1.92. The molecule has 2 heterocycles. The van der Waals surface area contributed by atoms with Crippen LogP contribution in [-0.2, 0) is 0 Å². The predicted octanol–water partition coefficient (Wildman–Crippen LogP) is 3.03. The normalized spacial score (nSPS) is 16.1. The lowest BCUT2D eigenvalue weighted by Gasteiger charge is -2.28. The van der Waals surface area contributed by atoms with Crippen molar-refractivity contribution in [3.63, 3.8) is 0 Å². The van der Waals surface area contributed by atoms with E-state index in [1.165, 1.54) is 29.7 Å². The van der Waals surface area contributed by atoms with E-state index in [4.69, 9.17) is 4.74 Å². The van der Waals surface area contributed by atoms with Crippen LogP contribution in [0.2, 0.25) is 0 Å². The van der Waals surface area contributed by atoms with Crippen molar-refractivity contribution < 1.29 is 9.53 Å². The van der Waals surface area contributed by atoms with Gasteiger partial charge in [0.1, 0.15) is 10.6 Å². The molecular formula is C18H23N3O2S. The van der Waals surface area contributed by atoms with E-state index in [1.807, 2.05) is 19.1 Å². The standard InChI is InChI=1S/C18H23N3O2S/c1-13-17(24-12-20-13)18(22)19-11-16(21-8-3-4-9-21)14-6-5-7-15(10-14)23-2/h5-7,10,12,16H,3-4,8-9,11H2,1-2H3,(H,19,22). The molecule has 128 valence electrons. The summed E-state index contributed by atoms with van der Waals surface area (Å²) in [5.41, 5.74) is 3.68. The molecule has 0 aliphatic carbocycles. The lowest BCUT2D eigenvalue weighted by molar-refractivity contribution is 0.0941. The zero-order valence-electron chi connectivity index (χ0n) is 14.1. The fourth-order valence-corrected chi connectivity index (χ4v) is 3.87. The van der Waals surface area contributed by atoms with Crippen LogP contribution in [0.3, 0.4) is 0 Å². The average Bonchev–Trinajstić information content (AvgIpc) is 3.27. The van der Waals surface area contributed by atoms with Crippen molar-refractivity contribution in [1.82, 2.24) is 15.2 Å². The van der Waals surface area contributed by atoms with Crippen molar-refractivity contribution in [3.8, 4) is 5.75 Å². The van der Waals surface area contributed by atoms with E-state index in [9.17, 15) is 4.79 Å². The molecular weight excluding hydrogens is 322 g/mol. The van der Waals surface area contributed by atoms with Gasteiger partial charge in [0.05, 0.1) is 24.4 Å². The molecule has 1 atom stereocenters. The van der Waals surface area contributed by atoms with E-state index < -0.39 is 0 Å². The number of aryl methyl sites for hydroxylation is 1. The molecule has 0 spiro atoms. The Morgan fingerprint density at radius 1 is 1.42 bits per heavy atom. The van der Waals surface area contributed by atoms with Crippen LogP contribution in [0.15, 0.2) is 29.8 Å². The van der Waals surface area contributed by atoms with E-state index in [-0.39, 0.29) is 11.9 Å². The number of amides is 1. The van der Waals surface area contributed by atoms with E-state index in [1.54, 1.807) is 12.6 Å². The van der Waals surface area contributed by atoms with Crippen LogP contribution in [0.1, 0.15) is 39.8 Å². The van der Waals surface area contributed by atoms with Gasteiger partial charge in [-0.05, 0) is 50.6 Å². The van der Waals surface area contributed by atoms with Gasteiger partial charge in [0.15, 0.2) is 0 Å². The number of ether oxygens (including phenoxy) is 1. The van der Waals surface area contributed by atoms with Gasteiger partial charge in [0.2, 0.25) is 0 Å². The number of thiazole rings is 1. The first-order valence-corrected chi connectivity index (χ1v) is 9.13. The van der Waals surface area contributed by atoms with Crippen molar-refractivity contribution in [2.75, 3.05) is 26.7 Å². The summed E-state index contributed by atoms with van der Waals surface area (Å²) in [5.74, 6) is 0.809. The molecule has 5 nitrogen and oxygen atoms in total. The van der Waals surface area contributed by atoms with Gasteiger partial charge in [-0.3, -0.25) is 9.69 Å². The number of nitrogens with one attached hydrogen (secondary N) is 1. The molecule has 1 amide bonds. The number of rotatable bonds is 6. The zero-order valence-corrected chi connectivity index (χ0v) is 14.9. The van der Waals surface area contributed by atoms with Crippen molar-refractivity contribution in [2.45, 2.75) is 25.8 Å². The molecule has 6 heteroatoms. The molecule has 24 heavy (non-hydrogen) atoms. The minimum absolute atomic E-state index is 0.0397. The number of hydrogen-bond acceptors (Lipinski definition) is 5. The molecule has 1 aliphatic rings. The molecule has 0 radical (unpaired) electrons. The first kappa shape index (κ1) is 16.9. The quantitative estimate of drug-likeness (QED) is 0.874. The molecule has 1 aromatic heterocycles. The monoisotopic (exact) mass is 345 g/mol. The van der Waals surface area contributed by atoms with Gasteiger partial charge < -0.3 is 10.1 Å². The summed E-state index contributed by atoms with van der Waals surface area (Å²) in [7, 11) is 1.68. The number of benzene rings is 1. The molecule has 2 aromatic rings. The van der Waals surface area contributed by atoms with E-state index in [0.717, 1.165) is 24.5 Å². The third-order valence-electron chi connectivity index (χ3n) is 4.47. The van der Waals surface area contributed by atoms with E-state index >= 15 is 0 Å². The number of carbonyl (C=O) groups is 1. The molecule has 1 aliphatic heterocycles. The minimum Gasteiger partial charge on any atom is -0.497 e. The molecule has 1 aromatic carbocycles. The lowest BCUT2D eigenvalue weighted by Crippen LogP contribution is -2.36. The summed E-state index contributed by atoms with van der Waals surface area (Å²) >= 11 is 1.39. The Kier molecular flexibility index (Phi) is 5.48. The molecule has 1 saturated heterocycles. The third-order valence-corrected chi connectivity index (χ3v) is 5.40. The maximum absolute atomic E-state index is 12.4. The van der Waals surface area contributed by atoms with Gasteiger partial charge in [-0.15, -0.1) is 11.3 Å². The predicted molar refractivity (Wildman–Crippen MR) is 95.7 cm³/mol. The number of methoxy groups -OCH3 is 1. The van der Waals surface area contributed by atoms with Crippen LogP contribution in [0, 0.1) is 6.92 Å². The highest BCUT2D eigenvalue weighted by atomic mass is 32.1. The highest BCUT2D eigenvalue weighted by molar-refractivity contribution is 7.11. The number of likely N-dealkylation sites (tertiary alicyclic amines) is 1. The maximum atomic E-state index is 12.4. The highest BCUT2D eigenvalue weighted by Crippen LogP contribution is 2.27. The second kappa shape index (κ2) is 7.77. The SMILES string of the molecule is COc1cccc(C(CNC(=O)c2scnc2C)N2CCCC2)c1. The summed E-state index contributed by atoms with van der Waals surface area (Å²) in [6.07, 6.45) is 2.42. The van der Waals surface area contributed by atoms with Crippen molar-refractivity contribution in [3.05, 3.63) is 45.9 Å². The van der Waals surface area contributed by atoms with Crippen molar-refractivity contribution >= 4 is 17.2 Å². The summed E-state index contributed by atoms with van der Waals surface area (Å²) in [6.45, 7) is 4.59. The molecule has 1 N–H and O–H groups in total. The van der Waals surface area contributed by atoms with Crippen LogP contribution in [0.4, 0.5) is 0 Å². The first-order chi connectivity index (χ1) is 11.7. The van der Waals surface area contributed by atoms with Gasteiger partial charge in [0, 0.05) is 6.54 Å². The number of carbonyl (C=O) groups excluding carboxylic acids is 1. The summed E-state index contributed by atoms with van der Waals surface area (Å²) < 4.78 is 5.36. The molecule has 0 saturated carbocycles. The van der Waals surface area contributed by atoms with Crippen molar-refractivity contribution in [1.29, 1.82) is 0 Å². The Morgan fingerprint density at radius 2 is 2.21 bits per heavy atom. The smallest absolute Gasteiger partial charge is 0.263 e. The van der Waals surface area contributed by atoms with Crippen LogP contribution < -0.4 is 10.1 Å².